The van der Waals surface area contributed by atoms with Crippen LogP contribution in [0.15, 0.2) is 66.7 Å². The molecular weight excluding hydrogens is 505 g/mol. The van der Waals surface area contributed by atoms with E-state index in [-0.39, 0.29) is 5.91 Å². The normalized spacial score (nSPS) is 18.2. The second-order valence-electron chi connectivity index (χ2n) is 9.82. The molecule has 5 nitrogen and oxygen atoms in total. The summed E-state index contributed by atoms with van der Waals surface area (Å²) in [5.74, 6) is 1.13. The summed E-state index contributed by atoms with van der Waals surface area (Å²) in [6.07, 6.45) is -1.87. The number of fused-ring (bicyclic) bond motifs is 1. The molecule has 1 aliphatic rings. The van der Waals surface area contributed by atoms with Gasteiger partial charge < -0.3 is 14.8 Å². The highest BCUT2D eigenvalue weighted by Gasteiger charge is 2.47. The minimum atomic E-state index is -4.38. The van der Waals surface area contributed by atoms with Crippen molar-refractivity contribution in [2.45, 2.75) is 50.4 Å². The van der Waals surface area contributed by atoms with E-state index in [1.807, 2.05) is 42.5 Å². The van der Waals surface area contributed by atoms with Gasteiger partial charge in [-0.15, -0.1) is 0 Å². The largest absolute Gasteiger partial charge is 0.493 e. The molecule has 0 bridgehead atoms. The summed E-state index contributed by atoms with van der Waals surface area (Å²) in [6, 6.07) is 18.5. The lowest BCUT2D eigenvalue weighted by Gasteiger charge is -2.51. The molecule has 3 aromatic carbocycles. The number of carbonyl (C=O) groups is 1. The Morgan fingerprint density at radius 2 is 1.67 bits per heavy atom. The average molecular weight is 541 g/mol. The molecule has 0 saturated heterocycles. The van der Waals surface area contributed by atoms with Gasteiger partial charge >= 0.3 is 6.18 Å². The highest BCUT2D eigenvalue weighted by atomic mass is 19.4. The van der Waals surface area contributed by atoms with Gasteiger partial charge in [-0.2, -0.15) is 13.2 Å². The van der Waals surface area contributed by atoms with Crippen molar-refractivity contribution >= 4 is 5.91 Å². The van der Waals surface area contributed by atoms with Gasteiger partial charge in [0, 0.05) is 19.1 Å². The molecule has 0 unspecified atom stereocenters. The van der Waals surface area contributed by atoms with E-state index in [1.54, 1.807) is 33.4 Å². The van der Waals surface area contributed by atoms with Crippen molar-refractivity contribution < 1.29 is 27.4 Å². The first-order valence-corrected chi connectivity index (χ1v) is 13.1. The lowest BCUT2D eigenvalue weighted by atomic mass is 9.73. The SMILES string of the molecule is CC[C@]1(CCc2ccc(C(F)(F)F)cc2)c2cc(OC)c(OC)cc2CCN1[C@@H](C(=O)NC)c1ccccc1. The number of carbonyl (C=O) groups excluding carboxylic acids is 1. The Labute approximate surface area is 227 Å². The minimum Gasteiger partial charge on any atom is -0.493 e. The van der Waals surface area contributed by atoms with Gasteiger partial charge in [0.25, 0.3) is 0 Å². The Hall–Kier alpha value is -3.52. The van der Waals surface area contributed by atoms with Crippen molar-refractivity contribution in [3.63, 3.8) is 0 Å². The zero-order valence-corrected chi connectivity index (χ0v) is 22.8. The maximum atomic E-state index is 13.5. The highest BCUT2D eigenvalue weighted by molar-refractivity contribution is 5.83. The summed E-state index contributed by atoms with van der Waals surface area (Å²) in [5.41, 5.74) is 2.59. The Morgan fingerprint density at radius 1 is 1.03 bits per heavy atom. The van der Waals surface area contributed by atoms with Crippen molar-refractivity contribution in [1.82, 2.24) is 10.2 Å². The molecule has 8 heteroatoms. The zero-order chi connectivity index (χ0) is 28.2. The van der Waals surface area contributed by atoms with Gasteiger partial charge in [-0.05, 0) is 72.2 Å². The molecule has 0 aliphatic carbocycles. The number of amides is 1. The number of hydrogen-bond donors (Lipinski definition) is 1. The van der Waals surface area contributed by atoms with Crippen LogP contribution in [0.5, 0.6) is 11.5 Å². The molecule has 0 radical (unpaired) electrons. The number of hydrogen-bond acceptors (Lipinski definition) is 4. The van der Waals surface area contributed by atoms with Crippen LogP contribution in [0.2, 0.25) is 0 Å². The highest BCUT2D eigenvalue weighted by Crippen LogP contribution is 2.49. The summed E-state index contributed by atoms with van der Waals surface area (Å²) >= 11 is 0. The Balaban J connectivity index is 1.84. The molecular formula is C31H35F3N2O3. The molecule has 1 N–H and O–H groups in total. The van der Waals surface area contributed by atoms with E-state index < -0.39 is 23.3 Å². The van der Waals surface area contributed by atoms with Crippen molar-refractivity contribution in [2.24, 2.45) is 0 Å². The van der Waals surface area contributed by atoms with E-state index in [0.717, 1.165) is 34.4 Å². The number of rotatable bonds is 9. The molecule has 39 heavy (non-hydrogen) atoms. The number of benzene rings is 3. The Bertz CT molecular complexity index is 1280. The number of nitrogens with zero attached hydrogens (tertiary/aromatic N) is 1. The summed E-state index contributed by atoms with van der Waals surface area (Å²) in [5, 5.41) is 2.85. The van der Waals surface area contributed by atoms with Crippen LogP contribution in [-0.2, 0) is 29.4 Å². The number of halogens is 3. The van der Waals surface area contributed by atoms with E-state index >= 15 is 0 Å². The Morgan fingerprint density at radius 3 is 2.23 bits per heavy atom. The first-order chi connectivity index (χ1) is 18.7. The molecule has 0 spiro atoms. The van der Waals surface area contributed by atoms with Gasteiger partial charge in [0.05, 0.1) is 19.8 Å². The number of aryl methyl sites for hydroxylation is 1. The van der Waals surface area contributed by atoms with Crippen LogP contribution < -0.4 is 14.8 Å². The third kappa shape index (κ3) is 5.62. The van der Waals surface area contributed by atoms with Gasteiger partial charge in [0.1, 0.15) is 6.04 Å². The smallest absolute Gasteiger partial charge is 0.416 e. The lowest BCUT2D eigenvalue weighted by Crippen LogP contribution is -2.55. The maximum Gasteiger partial charge on any atom is 0.416 e. The third-order valence-electron chi connectivity index (χ3n) is 7.90. The molecule has 0 saturated carbocycles. The standard InChI is InChI=1S/C31H35F3N2O3/c1-5-30(17-15-21-11-13-24(14-12-21)31(32,33)34)25-20-27(39-4)26(38-3)19-23(25)16-18-36(30)28(29(37)35-2)22-9-7-6-8-10-22/h6-14,19-20,28H,5,15-18H2,1-4H3,(H,35,37)/t28-,30+/m1/s1. The molecule has 0 fully saturated rings. The lowest BCUT2D eigenvalue weighted by molar-refractivity contribution is -0.137. The van der Waals surface area contributed by atoms with Gasteiger partial charge in [-0.25, -0.2) is 0 Å². The number of methoxy groups -OCH3 is 2. The van der Waals surface area contributed by atoms with Crippen LogP contribution >= 0.6 is 0 Å². The number of likely N-dealkylation sites (N-methyl/N-ethyl adjacent to an activating group) is 1. The van der Waals surface area contributed by atoms with Crippen LogP contribution in [0.1, 0.15) is 53.6 Å². The summed E-state index contributed by atoms with van der Waals surface area (Å²) in [4.78, 5) is 15.7. The molecule has 1 aliphatic heterocycles. The van der Waals surface area contributed by atoms with Crippen LogP contribution in [0.25, 0.3) is 0 Å². The van der Waals surface area contributed by atoms with E-state index in [1.165, 1.54) is 0 Å². The van der Waals surface area contributed by atoms with Gasteiger partial charge in [0.15, 0.2) is 11.5 Å². The fourth-order valence-electron chi connectivity index (χ4n) is 5.85. The first-order valence-electron chi connectivity index (χ1n) is 13.1. The van der Waals surface area contributed by atoms with Crippen LogP contribution in [0, 0.1) is 0 Å². The van der Waals surface area contributed by atoms with E-state index in [2.05, 4.69) is 17.1 Å². The van der Waals surface area contributed by atoms with Crippen molar-refractivity contribution in [2.75, 3.05) is 27.8 Å². The average Bonchev–Trinajstić information content (AvgIpc) is 2.96. The van der Waals surface area contributed by atoms with Crippen molar-refractivity contribution in [3.05, 3.63) is 94.5 Å². The van der Waals surface area contributed by atoms with Crippen LogP contribution in [-0.4, -0.2) is 38.6 Å². The topological polar surface area (TPSA) is 50.8 Å². The first kappa shape index (κ1) is 28.5. The van der Waals surface area contributed by atoms with Gasteiger partial charge in [-0.1, -0.05) is 49.4 Å². The molecule has 208 valence electrons. The molecule has 2 atom stereocenters. The molecule has 0 aromatic heterocycles. The summed E-state index contributed by atoms with van der Waals surface area (Å²) in [7, 11) is 4.84. The van der Waals surface area contributed by atoms with E-state index in [0.29, 0.717) is 43.7 Å². The Kier molecular flexibility index (Phi) is 8.54. The quantitative estimate of drug-likeness (QED) is 0.346. The predicted molar refractivity (Wildman–Crippen MR) is 145 cm³/mol. The second-order valence-corrected chi connectivity index (χ2v) is 9.82. The van der Waals surface area contributed by atoms with E-state index in [4.69, 9.17) is 9.47 Å². The number of alkyl halides is 3. The fourth-order valence-corrected chi connectivity index (χ4v) is 5.85. The van der Waals surface area contributed by atoms with E-state index in [9.17, 15) is 18.0 Å². The van der Waals surface area contributed by atoms with Crippen LogP contribution in [0.4, 0.5) is 13.2 Å². The molecule has 1 amide bonds. The minimum absolute atomic E-state index is 0.113. The third-order valence-corrected chi connectivity index (χ3v) is 7.90. The van der Waals surface area contributed by atoms with Crippen molar-refractivity contribution in [3.8, 4) is 11.5 Å². The molecule has 4 rings (SSSR count). The van der Waals surface area contributed by atoms with Crippen molar-refractivity contribution in [1.29, 1.82) is 0 Å². The fraction of sp³-hybridized carbons (Fsp3) is 0.387. The zero-order valence-electron chi connectivity index (χ0n) is 22.8. The number of nitrogens with one attached hydrogen (secondary N) is 1. The molecule has 1 heterocycles. The van der Waals surface area contributed by atoms with Gasteiger partial charge in [-0.3, -0.25) is 9.69 Å². The monoisotopic (exact) mass is 540 g/mol. The summed E-state index contributed by atoms with van der Waals surface area (Å²) in [6.45, 7) is 2.72. The predicted octanol–water partition coefficient (Wildman–Crippen LogP) is 6.31. The molecule has 3 aromatic rings. The maximum absolute atomic E-state index is 13.5. The summed E-state index contributed by atoms with van der Waals surface area (Å²) < 4.78 is 50.7. The number of ether oxygens (including phenoxy) is 2. The van der Waals surface area contributed by atoms with Gasteiger partial charge in [0.2, 0.25) is 5.91 Å². The second kappa shape index (κ2) is 11.7. The van der Waals surface area contributed by atoms with Crippen LogP contribution in [0.3, 0.4) is 0 Å².